The van der Waals surface area contributed by atoms with Crippen LogP contribution in [-0.2, 0) is 4.79 Å². The summed E-state index contributed by atoms with van der Waals surface area (Å²) in [6, 6.07) is 7.89. The molecule has 0 atom stereocenters. The first kappa shape index (κ1) is 12.5. The average Bonchev–Trinajstić information content (AvgIpc) is 2.32. The van der Waals surface area contributed by atoms with Crippen molar-refractivity contribution in [1.29, 1.82) is 0 Å². The third kappa shape index (κ3) is 4.78. The predicted molar refractivity (Wildman–Crippen MR) is 66.6 cm³/mol. The molecule has 2 heteroatoms. The van der Waals surface area contributed by atoms with Gasteiger partial charge in [-0.25, -0.2) is 0 Å². The Morgan fingerprint density at radius 3 is 2.62 bits per heavy atom. The normalized spacial score (nSPS) is 10.6. The van der Waals surface area contributed by atoms with Crippen LogP contribution in [0.2, 0.25) is 0 Å². The molecule has 0 fully saturated rings. The highest BCUT2D eigenvalue weighted by molar-refractivity contribution is 5.58. The number of carbonyl (C=O) groups is 1. The number of hydrogen-bond donors (Lipinski definition) is 0. The fourth-order valence-electron chi connectivity index (χ4n) is 1.27. The minimum Gasteiger partial charge on any atom is -0.494 e. The molecule has 0 saturated heterocycles. The summed E-state index contributed by atoms with van der Waals surface area (Å²) in [5.41, 5.74) is 1.09. The number of ether oxygens (including phenoxy) is 1. The van der Waals surface area contributed by atoms with Gasteiger partial charge in [0.15, 0.2) is 0 Å². The molecule has 0 bridgehead atoms. The van der Waals surface area contributed by atoms with E-state index in [0.29, 0.717) is 6.42 Å². The van der Waals surface area contributed by atoms with Gasteiger partial charge in [-0.1, -0.05) is 37.6 Å². The molecular weight excluding hydrogens is 200 g/mol. The van der Waals surface area contributed by atoms with Crippen molar-refractivity contribution in [3.63, 3.8) is 0 Å². The Hall–Kier alpha value is -1.57. The van der Waals surface area contributed by atoms with E-state index in [2.05, 4.69) is 6.92 Å². The number of unbranched alkanes of at least 4 members (excludes halogenated alkanes) is 1. The minimum absolute atomic E-state index is 0.467. The van der Waals surface area contributed by atoms with Crippen LogP contribution in [-0.4, -0.2) is 12.9 Å². The molecule has 1 rings (SSSR count). The lowest BCUT2D eigenvalue weighted by Crippen LogP contribution is -1.95. The third-order valence-corrected chi connectivity index (χ3v) is 2.19. The zero-order valence-corrected chi connectivity index (χ0v) is 9.69. The van der Waals surface area contributed by atoms with Gasteiger partial charge in [0.2, 0.25) is 0 Å². The fourth-order valence-corrected chi connectivity index (χ4v) is 1.27. The predicted octanol–water partition coefficient (Wildman–Crippen LogP) is 3.47. The molecule has 0 radical (unpaired) electrons. The van der Waals surface area contributed by atoms with Gasteiger partial charge >= 0.3 is 0 Å². The van der Waals surface area contributed by atoms with Crippen LogP contribution < -0.4 is 4.74 Å². The van der Waals surface area contributed by atoms with Gasteiger partial charge in [0.25, 0.3) is 0 Å². The molecule has 0 N–H and O–H groups in total. The standard InChI is InChI=1S/C14H18O2/c1-2-3-12-16-14-9-7-13(8-10-14)6-4-5-11-15/h4,6-11H,2-3,5,12H2,1H3. The Kier molecular flexibility index (Phi) is 6.00. The molecule has 0 aliphatic carbocycles. The molecule has 0 saturated carbocycles. The van der Waals surface area contributed by atoms with E-state index in [0.717, 1.165) is 37.0 Å². The summed E-state index contributed by atoms with van der Waals surface area (Å²) in [5.74, 6) is 0.904. The van der Waals surface area contributed by atoms with E-state index in [4.69, 9.17) is 4.74 Å². The summed E-state index contributed by atoms with van der Waals surface area (Å²) >= 11 is 0. The summed E-state index contributed by atoms with van der Waals surface area (Å²) in [5, 5.41) is 0. The lowest BCUT2D eigenvalue weighted by atomic mass is 10.2. The molecule has 16 heavy (non-hydrogen) atoms. The van der Waals surface area contributed by atoms with Gasteiger partial charge in [0.1, 0.15) is 12.0 Å². The van der Waals surface area contributed by atoms with Gasteiger partial charge < -0.3 is 9.53 Å². The topological polar surface area (TPSA) is 26.3 Å². The van der Waals surface area contributed by atoms with Crippen molar-refractivity contribution in [1.82, 2.24) is 0 Å². The van der Waals surface area contributed by atoms with E-state index < -0.39 is 0 Å². The maximum Gasteiger partial charge on any atom is 0.123 e. The first-order chi connectivity index (χ1) is 7.86. The molecule has 0 unspecified atom stereocenters. The SMILES string of the molecule is CCCCOc1ccc(C=CCC=O)cc1. The Labute approximate surface area is 96.9 Å². The second kappa shape index (κ2) is 7.69. The van der Waals surface area contributed by atoms with E-state index in [9.17, 15) is 4.79 Å². The zero-order chi connectivity index (χ0) is 11.6. The Balaban J connectivity index is 2.44. The van der Waals surface area contributed by atoms with Gasteiger partial charge in [0, 0.05) is 6.42 Å². The van der Waals surface area contributed by atoms with Crippen molar-refractivity contribution < 1.29 is 9.53 Å². The van der Waals surface area contributed by atoms with Gasteiger partial charge in [-0.15, -0.1) is 0 Å². The van der Waals surface area contributed by atoms with Crippen molar-refractivity contribution in [2.45, 2.75) is 26.2 Å². The largest absolute Gasteiger partial charge is 0.494 e. The van der Waals surface area contributed by atoms with Crippen molar-refractivity contribution in [2.75, 3.05) is 6.61 Å². The van der Waals surface area contributed by atoms with E-state index in [1.54, 1.807) is 0 Å². The number of hydrogen-bond acceptors (Lipinski definition) is 2. The molecule has 1 aromatic carbocycles. The Bertz CT molecular complexity index is 325. The lowest BCUT2D eigenvalue weighted by molar-refractivity contribution is -0.107. The van der Waals surface area contributed by atoms with Crippen molar-refractivity contribution in [3.05, 3.63) is 35.9 Å². The Morgan fingerprint density at radius 2 is 2.00 bits per heavy atom. The van der Waals surface area contributed by atoms with Crippen LogP contribution in [0.1, 0.15) is 31.7 Å². The first-order valence-electron chi connectivity index (χ1n) is 5.70. The highest BCUT2D eigenvalue weighted by Gasteiger charge is 1.92. The molecule has 0 amide bonds. The van der Waals surface area contributed by atoms with Crippen LogP contribution >= 0.6 is 0 Å². The highest BCUT2D eigenvalue weighted by Crippen LogP contribution is 2.13. The molecule has 0 aliphatic heterocycles. The molecule has 0 heterocycles. The van der Waals surface area contributed by atoms with Gasteiger partial charge in [-0.3, -0.25) is 0 Å². The molecule has 0 spiro atoms. The number of aldehydes is 1. The summed E-state index contributed by atoms with van der Waals surface area (Å²) in [6.07, 6.45) is 7.37. The monoisotopic (exact) mass is 218 g/mol. The lowest BCUT2D eigenvalue weighted by Gasteiger charge is -2.04. The smallest absolute Gasteiger partial charge is 0.123 e. The Morgan fingerprint density at radius 1 is 1.25 bits per heavy atom. The molecule has 86 valence electrons. The summed E-state index contributed by atoms with van der Waals surface area (Å²) in [4.78, 5) is 10.1. The van der Waals surface area contributed by atoms with E-state index >= 15 is 0 Å². The van der Waals surface area contributed by atoms with E-state index in [1.807, 2.05) is 36.4 Å². The molecular formula is C14H18O2. The second-order valence-electron chi connectivity index (χ2n) is 3.58. The van der Waals surface area contributed by atoms with E-state index in [1.165, 1.54) is 0 Å². The minimum atomic E-state index is 0.467. The molecule has 0 aromatic heterocycles. The van der Waals surface area contributed by atoms with Crippen LogP contribution in [0.3, 0.4) is 0 Å². The quantitative estimate of drug-likeness (QED) is 0.517. The van der Waals surface area contributed by atoms with Crippen LogP contribution in [0.15, 0.2) is 30.3 Å². The zero-order valence-electron chi connectivity index (χ0n) is 9.69. The van der Waals surface area contributed by atoms with Crippen LogP contribution in [0.4, 0.5) is 0 Å². The molecule has 2 nitrogen and oxygen atoms in total. The second-order valence-corrected chi connectivity index (χ2v) is 3.58. The molecule has 1 aromatic rings. The van der Waals surface area contributed by atoms with Crippen LogP contribution in [0.5, 0.6) is 5.75 Å². The average molecular weight is 218 g/mol. The van der Waals surface area contributed by atoms with E-state index in [-0.39, 0.29) is 0 Å². The number of carbonyl (C=O) groups excluding carboxylic acids is 1. The number of rotatable bonds is 7. The van der Waals surface area contributed by atoms with Gasteiger partial charge in [-0.2, -0.15) is 0 Å². The fraction of sp³-hybridized carbons (Fsp3) is 0.357. The third-order valence-electron chi connectivity index (χ3n) is 2.19. The van der Waals surface area contributed by atoms with Crippen LogP contribution in [0.25, 0.3) is 6.08 Å². The van der Waals surface area contributed by atoms with Crippen LogP contribution in [0, 0.1) is 0 Å². The van der Waals surface area contributed by atoms with Gasteiger partial charge in [-0.05, 0) is 24.1 Å². The summed E-state index contributed by atoms with van der Waals surface area (Å²) in [6.45, 7) is 2.92. The summed E-state index contributed by atoms with van der Waals surface area (Å²) < 4.78 is 5.55. The van der Waals surface area contributed by atoms with Crippen molar-refractivity contribution in [2.24, 2.45) is 0 Å². The number of allylic oxidation sites excluding steroid dienone is 1. The van der Waals surface area contributed by atoms with Gasteiger partial charge in [0.05, 0.1) is 6.61 Å². The maximum absolute atomic E-state index is 10.1. The first-order valence-corrected chi connectivity index (χ1v) is 5.70. The maximum atomic E-state index is 10.1. The van der Waals surface area contributed by atoms with Crippen molar-refractivity contribution >= 4 is 12.4 Å². The summed E-state index contributed by atoms with van der Waals surface area (Å²) in [7, 11) is 0. The van der Waals surface area contributed by atoms with Crippen molar-refractivity contribution in [3.8, 4) is 5.75 Å². The molecule has 0 aliphatic rings. The number of benzene rings is 1. The highest BCUT2D eigenvalue weighted by atomic mass is 16.5.